The van der Waals surface area contributed by atoms with Gasteiger partial charge in [-0.2, -0.15) is 0 Å². The minimum Gasteiger partial charge on any atom is -0.378 e. The van der Waals surface area contributed by atoms with Crippen LogP contribution in [-0.2, 0) is 9.47 Å². The summed E-state index contributed by atoms with van der Waals surface area (Å²) in [5, 5.41) is 9.40. The Morgan fingerprint density at radius 3 is 2.67 bits per heavy atom. The molecule has 0 aromatic rings. The summed E-state index contributed by atoms with van der Waals surface area (Å²) in [5.41, 5.74) is 0. The highest BCUT2D eigenvalue weighted by Crippen LogP contribution is 2.23. The van der Waals surface area contributed by atoms with Gasteiger partial charge in [-0.25, -0.2) is 0 Å². The molecule has 0 saturated carbocycles. The number of hydrogen-bond donors (Lipinski definition) is 1. The van der Waals surface area contributed by atoms with Gasteiger partial charge in [-0.1, -0.05) is 5.92 Å². The lowest BCUT2D eigenvalue weighted by atomic mass is 10.2. The Morgan fingerprint density at radius 1 is 1.58 bits per heavy atom. The Hall–Kier alpha value is -0.560. The van der Waals surface area contributed by atoms with Crippen LogP contribution in [0.25, 0.3) is 0 Å². The molecule has 0 aromatic heterocycles. The van der Waals surface area contributed by atoms with E-state index in [-0.39, 0.29) is 6.10 Å². The maximum atomic E-state index is 9.40. The summed E-state index contributed by atoms with van der Waals surface area (Å²) in [4.78, 5) is 0. The van der Waals surface area contributed by atoms with Crippen LogP contribution in [0.4, 0.5) is 0 Å². The first-order valence-corrected chi connectivity index (χ1v) is 3.97. The van der Waals surface area contributed by atoms with Crippen LogP contribution in [0.15, 0.2) is 0 Å². The Balaban J connectivity index is 2.50. The van der Waals surface area contributed by atoms with Crippen molar-refractivity contribution in [1.29, 1.82) is 0 Å². The number of hydrogen-bond acceptors (Lipinski definition) is 3. The van der Waals surface area contributed by atoms with E-state index in [1.807, 2.05) is 13.8 Å². The molecule has 1 heterocycles. The summed E-state index contributed by atoms with van der Waals surface area (Å²) >= 11 is 0. The lowest BCUT2D eigenvalue weighted by Crippen LogP contribution is -2.29. The molecule has 1 aliphatic heterocycles. The Kier molecular flexibility index (Phi) is 2.73. The zero-order valence-electron chi connectivity index (χ0n) is 7.63. The molecule has 1 saturated heterocycles. The SMILES string of the molecule is CC#CC(O)[C@H]1COC(C)(C)O1. The molecule has 68 valence electrons. The standard InChI is InChI=1S/C9H14O3/c1-4-5-7(10)8-6-11-9(2,3)12-8/h7-8,10H,6H2,1-3H3/t7?,8-/m1/s1. The van der Waals surface area contributed by atoms with E-state index in [4.69, 9.17) is 9.47 Å². The number of aliphatic hydroxyl groups is 1. The second kappa shape index (κ2) is 3.44. The van der Waals surface area contributed by atoms with Crippen LogP contribution in [-0.4, -0.2) is 29.7 Å². The van der Waals surface area contributed by atoms with Gasteiger partial charge in [0.2, 0.25) is 0 Å². The van der Waals surface area contributed by atoms with Crippen molar-refractivity contribution in [3.05, 3.63) is 0 Å². The third kappa shape index (κ3) is 2.21. The first-order valence-electron chi connectivity index (χ1n) is 3.97. The summed E-state index contributed by atoms with van der Waals surface area (Å²) in [6.07, 6.45) is -1.05. The lowest BCUT2D eigenvalue weighted by Gasteiger charge is -2.17. The predicted molar refractivity (Wildman–Crippen MR) is 44.4 cm³/mol. The van der Waals surface area contributed by atoms with Gasteiger partial charge < -0.3 is 14.6 Å². The maximum Gasteiger partial charge on any atom is 0.163 e. The molecule has 0 aromatic carbocycles. The summed E-state index contributed by atoms with van der Waals surface area (Å²) in [5.74, 6) is 4.68. The summed E-state index contributed by atoms with van der Waals surface area (Å²) in [6.45, 7) is 5.73. The second-order valence-electron chi connectivity index (χ2n) is 3.21. The normalized spacial score (nSPS) is 29.2. The summed E-state index contributed by atoms with van der Waals surface area (Å²) in [7, 11) is 0. The molecule has 1 N–H and O–H groups in total. The molecular weight excluding hydrogens is 156 g/mol. The van der Waals surface area contributed by atoms with Gasteiger partial charge >= 0.3 is 0 Å². The van der Waals surface area contributed by atoms with Crippen molar-refractivity contribution < 1.29 is 14.6 Å². The van der Waals surface area contributed by atoms with E-state index in [0.29, 0.717) is 6.61 Å². The van der Waals surface area contributed by atoms with E-state index >= 15 is 0 Å². The van der Waals surface area contributed by atoms with E-state index in [0.717, 1.165) is 0 Å². The zero-order chi connectivity index (χ0) is 9.19. The smallest absolute Gasteiger partial charge is 0.163 e. The Labute approximate surface area is 72.7 Å². The molecular formula is C9H14O3. The minimum absolute atomic E-state index is 0.313. The Morgan fingerprint density at radius 2 is 2.25 bits per heavy atom. The first-order chi connectivity index (χ1) is 5.55. The van der Waals surface area contributed by atoms with Gasteiger partial charge in [-0.3, -0.25) is 0 Å². The predicted octanol–water partition coefficient (Wildman–Crippen LogP) is 0.522. The van der Waals surface area contributed by atoms with E-state index in [9.17, 15) is 5.11 Å². The van der Waals surface area contributed by atoms with Crippen LogP contribution in [0.1, 0.15) is 20.8 Å². The molecule has 1 rings (SSSR count). The molecule has 3 nitrogen and oxygen atoms in total. The molecule has 1 fully saturated rings. The summed E-state index contributed by atoms with van der Waals surface area (Å²) in [6, 6.07) is 0. The topological polar surface area (TPSA) is 38.7 Å². The van der Waals surface area contributed by atoms with Gasteiger partial charge in [-0.05, 0) is 20.8 Å². The van der Waals surface area contributed by atoms with Gasteiger partial charge in [0.25, 0.3) is 0 Å². The quantitative estimate of drug-likeness (QED) is 0.583. The average molecular weight is 170 g/mol. The molecule has 0 bridgehead atoms. The van der Waals surface area contributed by atoms with Crippen molar-refractivity contribution in [2.75, 3.05) is 6.61 Å². The number of ether oxygens (including phenoxy) is 2. The lowest BCUT2D eigenvalue weighted by molar-refractivity contribution is -0.146. The van der Waals surface area contributed by atoms with Crippen LogP contribution in [0.5, 0.6) is 0 Å². The first kappa shape index (κ1) is 9.53. The maximum absolute atomic E-state index is 9.40. The number of aliphatic hydroxyl groups excluding tert-OH is 1. The highest BCUT2D eigenvalue weighted by molar-refractivity contribution is 5.05. The van der Waals surface area contributed by atoms with Gasteiger partial charge in [0.1, 0.15) is 12.2 Å². The van der Waals surface area contributed by atoms with E-state index in [1.54, 1.807) is 6.92 Å². The highest BCUT2D eigenvalue weighted by Gasteiger charge is 2.35. The second-order valence-corrected chi connectivity index (χ2v) is 3.21. The van der Waals surface area contributed by atoms with Crippen molar-refractivity contribution in [3.63, 3.8) is 0 Å². The monoisotopic (exact) mass is 170 g/mol. The molecule has 12 heavy (non-hydrogen) atoms. The molecule has 0 amide bonds. The van der Waals surface area contributed by atoms with Crippen molar-refractivity contribution in [1.82, 2.24) is 0 Å². The van der Waals surface area contributed by atoms with E-state index in [2.05, 4.69) is 11.8 Å². The van der Waals surface area contributed by atoms with Crippen molar-refractivity contribution >= 4 is 0 Å². The van der Waals surface area contributed by atoms with Crippen molar-refractivity contribution in [2.24, 2.45) is 0 Å². The fraction of sp³-hybridized carbons (Fsp3) is 0.778. The Bertz CT molecular complexity index is 212. The zero-order valence-corrected chi connectivity index (χ0v) is 7.63. The molecule has 0 spiro atoms. The van der Waals surface area contributed by atoms with Crippen LogP contribution in [0, 0.1) is 11.8 Å². The molecule has 1 unspecified atom stereocenters. The van der Waals surface area contributed by atoms with Gasteiger partial charge in [0.15, 0.2) is 5.79 Å². The minimum atomic E-state index is -0.739. The fourth-order valence-electron chi connectivity index (χ4n) is 1.11. The van der Waals surface area contributed by atoms with Crippen molar-refractivity contribution in [3.8, 4) is 11.8 Å². The van der Waals surface area contributed by atoms with Crippen molar-refractivity contribution in [2.45, 2.75) is 38.8 Å². The highest BCUT2D eigenvalue weighted by atomic mass is 16.7. The van der Waals surface area contributed by atoms with Crippen LogP contribution < -0.4 is 0 Å². The van der Waals surface area contributed by atoms with Gasteiger partial charge in [-0.15, -0.1) is 5.92 Å². The third-order valence-electron chi connectivity index (χ3n) is 1.67. The van der Waals surface area contributed by atoms with E-state index < -0.39 is 11.9 Å². The largest absolute Gasteiger partial charge is 0.378 e. The average Bonchev–Trinajstić information content (AvgIpc) is 2.31. The molecule has 2 atom stereocenters. The van der Waals surface area contributed by atoms with Gasteiger partial charge in [0, 0.05) is 0 Å². The molecule has 0 radical (unpaired) electrons. The third-order valence-corrected chi connectivity index (χ3v) is 1.67. The van der Waals surface area contributed by atoms with E-state index in [1.165, 1.54) is 0 Å². The molecule has 1 aliphatic rings. The van der Waals surface area contributed by atoms with Crippen LogP contribution in [0.3, 0.4) is 0 Å². The van der Waals surface area contributed by atoms with Crippen LogP contribution in [0.2, 0.25) is 0 Å². The number of rotatable bonds is 1. The van der Waals surface area contributed by atoms with Gasteiger partial charge in [0.05, 0.1) is 6.61 Å². The van der Waals surface area contributed by atoms with Crippen LogP contribution >= 0.6 is 0 Å². The summed E-state index contributed by atoms with van der Waals surface area (Å²) < 4.78 is 10.7. The molecule has 3 heteroatoms. The fourth-order valence-corrected chi connectivity index (χ4v) is 1.11. The molecule has 0 aliphatic carbocycles.